The molecule has 1 aromatic carbocycles. The van der Waals surface area contributed by atoms with Crippen LogP contribution in [0.1, 0.15) is 26.3 Å². The summed E-state index contributed by atoms with van der Waals surface area (Å²) in [6, 6.07) is 7.90. The van der Waals surface area contributed by atoms with E-state index in [-0.39, 0.29) is 5.41 Å². The highest BCUT2D eigenvalue weighted by Gasteiger charge is 2.12. The van der Waals surface area contributed by atoms with E-state index in [1.54, 1.807) is 6.20 Å². The maximum absolute atomic E-state index is 6.06. The lowest BCUT2D eigenvalue weighted by atomic mass is 9.96. The highest BCUT2D eigenvalue weighted by Crippen LogP contribution is 2.30. The van der Waals surface area contributed by atoms with E-state index in [2.05, 4.69) is 68.3 Å². The second-order valence-corrected chi connectivity index (χ2v) is 7.44. The van der Waals surface area contributed by atoms with E-state index < -0.39 is 0 Å². The zero-order valence-electron chi connectivity index (χ0n) is 15.8. The molecule has 0 atom stereocenters. The Morgan fingerprint density at radius 3 is 2.68 bits per heavy atom. The van der Waals surface area contributed by atoms with Gasteiger partial charge in [0.15, 0.2) is 5.82 Å². The van der Waals surface area contributed by atoms with Gasteiger partial charge in [-0.15, -0.1) is 0 Å². The van der Waals surface area contributed by atoms with E-state index in [1.807, 2.05) is 24.3 Å². The van der Waals surface area contributed by atoms with Crippen molar-refractivity contribution in [2.24, 2.45) is 5.41 Å². The zero-order chi connectivity index (χ0) is 19.7. The molecule has 140 valence electrons. The standard InChI is InChI=1S/C20H20N8/c1-20(2,3)6-4-13-8-14(9-15-17(13)26-27-18(15)21)12-5-7-22-16(10-12)25-19-23-11-24-28-19/h5,7-11H,1-3H3,(H3,21,26,27)(H2,22,23,24,25,28). The number of nitrogen functional groups attached to an aromatic ring is 1. The maximum Gasteiger partial charge on any atom is 0.224 e. The normalized spacial score (nSPS) is 11.2. The molecule has 0 unspecified atom stereocenters. The highest BCUT2D eigenvalue weighted by atomic mass is 15.3. The molecule has 8 nitrogen and oxygen atoms in total. The highest BCUT2D eigenvalue weighted by molar-refractivity contribution is 5.96. The smallest absolute Gasteiger partial charge is 0.224 e. The van der Waals surface area contributed by atoms with Gasteiger partial charge in [-0.05, 0) is 56.2 Å². The predicted octanol–water partition coefficient (Wildman–Crippen LogP) is 3.47. The lowest BCUT2D eigenvalue weighted by Crippen LogP contribution is -1.99. The minimum Gasteiger partial charge on any atom is -0.382 e. The third-order valence-electron chi connectivity index (χ3n) is 4.03. The summed E-state index contributed by atoms with van der Waals surface area (Å²) in [5.74, 6) is 8.17. The number of rotatable bonds is 3. The molecule has 0 fully saturated rings. The molecular weight excluding hydrogens is 352 g/mol. The molecule has 0 saturated heterocycles. The van der Waals surface area contributed by atoms with Crippen molar-refractivity contribution in [3.8, 4) is 23.0 Å². The number of nitrogens with two attached hydrogens (primary N) is 1. The molecule has 0 amide bonds. The Hall–Kier alpha value is -3.86. The number of nitrogens with one attached hydrogen (secondary N) is 3. The van der Waals surface area contributed by atoms with Gasteiger partial charge in [-0.2, -0.15) is 15.2 Å². The van der Waals surface area contributed by atoms with Crippen LogP contribution in [0.5, 0.6) is 0 Å². The van der Waals surface area contributed by atoms with Gasteiger partial charge in [0, 0.05) is 17.0 Å². The Morgan fingerprint density at radius 2 is 1.93 bits per heavy atom. The number of aromatic amines is 2. The lowest BCUT2D eigenvalue weighted by Gasteiger charge is -2.09. The maximum atomic E-state index is 6.06. The average molecular weight is 372 g/mol. The van der Waals surface area contributed by atoms with Gasteiger partial charge in [-0.3, -0.25) is 5.10 Å². The molecule has 3 aromatic heterocycles. The largest absolute Gasteiger partial charge is 0.382 e. The summed E-state index contributed by atoms with van der Waals surface area (Å²) in [7, 11) is 0. The Morgan fingerprint density at radius 1 is 1.07 bits per heavy atom. The molecular formula is C20H20N8. The fourth-order valence-electron chi connectivity index (χ4n) is 2.73. The van der Waals surface area contributed by atoms with E-state index in [0.29, 0.717) is 17.6 Å². The van der Waals surface area contributed by atoms with Gasteiger partial charge < -0.3 is 11.1 Å². The monoisotopic (exact) mass is 372 g/mol. The fourth-order valence-corrected chi connectivity index (χ4v) is 2.73. The molecule has 0 aliphatic rings. The summed E-state index contributed by atoms with van der Waals surface area (Å²) >= 11 is 0. The number of anilines is 3. The quantitative estimate of drug-likeness (QED) is 0.409. The summed E-state index contributed by atoms with van der Waals surface area (Å²) < 4.78 is 0. The number of fused-ring (bicyclic) bond motifs is 1. The van der Waals surface area contributed by atoms with Crippen LogP contribution >= 0.6 is 0 Å². The van der Waals surface area contributed by atoms with Crippen molar-refractivity contribution in [2.45, 2.75) is 20.8 Å². The van der Waals surface area contributed by atoms with Crippen molar-refractivity contribution >= 4 is 28.5 Å². The predicted molar refractivity (Wildman–Crippen MR) is 110 cm³/mol. The van der Waals surface area contributed by atoms with Gasteiger partial charge >= 0.3 is 0 Å². The lowest BCUT2D eigenvalue weighted by molar-refractivity contribution is 0.571. The Bertz CT molecular complexity index is 1190. The summed E-state index contributed by atoms with van der Waals surface area (Å²) in [4.78, 5) is 8.39. The fraction of sp³-hybridized carbons (Fsp3) is 0.200. The molecule has 5 N–H and O–H groups in total. The number of benzene rings is 1. The summed E-state index contributed by atoms with van der Waals surface area (Å²) in [5.41, 5.74) is 9.59. The van der Waals surface area contributed by atoms with Crippen molar-refractivity contribution in [2.75, 3.05) is 11.1 Å². The van der Waals surface area contributed by atoms with Gasteiger partial charge in [0.1, 0.15) is 12.1 Å². The van der Waals surface area contributed by atoms with Crippen LogP contribution in [0.3, 0.4) is 0 Å². The van der Waals surface area contributed by atoms with E-state index in [0.717, 1.165) is 27.6 Å². The third kappa shape index (κ3) is 3.64. The zero-order valence-corrected chi connectivity index (χ0v) is 15.8. The van der Waals surface area contributed by atoms with Crippen LogP contribution in [0.4, 0.5) is 17.6 Å². The van der Waals surface area contributed by atoms with Crippen molar-refractivity contribution < 1.29 is 0 Å². The van der Waals surface area contributed by atoms with Crippen LogP contribution in [0.25, 0.3) is 22.0 Å². The van der Waals surface area contributed by atoms with Gasteiger partial charge in [-0.1, -0.05) is 11.8 Å². The summed E-state index contributed by atoms with van der Waals surface area (Å²) in [6.45, 7) is 6.23. The molecule has 4 aromatic rings. The molecule has 0 radical (unpaired) electrons. The minimum absolute atomic E-state index is 0.112. The van der Waals surface area contributed by atoms with Crippen LogP contribution in [-0.4, -0.2) is 30.4 Å². The number of aromatic nitrogens is 6. The van der Waals surface area contributed by atoms with Crippen LogP contribution < -0.4 is 11.1 Å². The molecule has 3 heterocycles. The SMILES string of the molecule is CC(C)(C)C#Cc1cc(-c2ccnc(Nc3ncn[nH]3)c2)cc2c(N)n[nH]c12. The van der Waals surface area contributed by atoms with Crippen LogP contribution in [0.15, 0.2) is 36.8 Å². The number of hydrogen-bond donors (Lipinski definition) is 4. The van der Waals surface area contributed by atoms with Gasteiger partial charge in [0.2, 0.25) is 5.95 Å². The summed E-state index contributed by atoms with van der Waals surface area (Å²) in [5, 5.41) is 17.6. The molecule has 4 rings (SSSR count). The average Bonchev–Trinajstić information content (AvgIpc) is 3.29. The molecule has 0 saturated carbocycles. The first-order valence-corrected chi connectivity index (χ1v) is 8.79. The first-order valence-electron chi connectivity index (χ1n) is 8.79. The van der Waals surface area contributed by atoms with Crippen LogP contribution in [0.2, 0.25) is 0 Å². The van der Waals surface area contributed by atoms with E-state index in [1.165, 1.54) is 6.33 Å². The number of H-pyrrole nitrogens is 2. The molecule has 28 heavy (non-hydrogen) atoms. The Balaban J connectivity index is 1.80. The molecule has 0 bridgehead atoms. The number of nitrogens with zero attached hydrogens (tertiary/aromatic N) is 4. The summed E-state index contributed by atoms with van der Waals surface area (Å²) in [6.07, 6.45) is 3.17. The van der Waals surface area contributed by atoms with Crippen molar-refractivity contribution in [3.63, 3.8) is 0 Å². The second kappa shape index (κ2) is 6.70. The molecule has 0 spiro atoms. The number of hydrogen-bond acceptors (Lipinski definition) is 6. The van der Waals surface area contributed by atoms with Gasteiger partial charge in [0.25, 0.3) is 0 Å². The van der Waals surface area contributed by atoms with Crippen LogP contribution in [0, 0.1) is 17.3 Å². The first-order chi connectivity index (χ1) is 13.4. The molecule has 0 aliphatic heterocycles. The van der Waals surface area contributed by atoms with Crippen LogP contribution in [-0.2, 0) is 0 Å². The van der Waals surface area contributed by atoms with E-state index >= 15 is 0 Å². The second-order valence-electron chi connectivity index (χ2n) is 7.44. The van der Waals surface area contributed by atoms with Crippen molar-refractivity contribution in [1.82, 2.24) is 30.4 Å². The Kier molecular flexibility index (Phi) is 4.20. The third-order valence-corrected chi connectivity index (χ3v) is 4.03. The number of pyridine rings is 1. The van der Waals surface area contributed by atoms with Gasteiger partial charge in [0.05, 0.1) is 11.1 Å². The van der Waals surface area contributed by atoms with Crippen molar-refractivity contribution in [3.05, 3.63) is 42.4 Å². The topological polar surface area (TPSA) is 121 Å². The first kappa shape index (κ1) is 17.5. The minimum atomic E-state index is -0.112. The van der Waals surface area contributed by atoms with Crippen molar-refractivity contribution in [1.29, 1.82) is 0 Å². The Labute approximate surface area is 162 Å². The van der Waals surface area contributed by atoms with E-state index in [4.69, 9.17) is 5.73 Å². The van der Waals surface area contributed by atoms with E-state index in [9.17, 15) is 0 Å². The molecule has 0 aliphatic carbocycles. The van der Waals surface area contributed by atoms with Gasteiger partial charge in [-0.25, -0.2) is 10.1 Å². The molecule has 8 heteroatoms.